The van der Waals surface area contributed by atoms with Crippen LogP contribution < -0.4 is 9.21 Å². The molecule has 3 aliphatic rings. The second-order valence-electron chi connectivity index (χ2n) is 11.6. The number of carbonyl (C=O) groups excluding carboxylic acids is 2. The predicted molar refractivity (Wildman–Crippen MR) is 166 cm³/mol. The fourth-order valence-corrected chi connectivity index (χ4v) is 8.13. The second-order valence-corrected chi connectivity index (χ2v) is 14.3. The summed E-state index contributed by atoms with van der Waals surface area (Å²) in [5.41, 5.74) is 3.44. The molecule has 0 spiro atoms. The molecule has 234 valence electrons. The molecule has 13 heteroatoms. The van der Waals surface area contributed by atoms with E-state index in [9.17, 15) is 18.0 Å². The fraction of sp³-hybridized carbons (Fsp3) is 0.452. The topological polar surface area (TPSA) is 119 Å². The summed E-state index contributed by atoms with van der Waals surface area (Å²) >= 11 is 13.0. The van der Waals surface area contributed by atoms with Crippen molar-refractivity contribution >= 4 is 57.0 Å². The normalized spacial score (nSPS) is 21.1. The van der Waals surface area contributed by atoms with E-state index in [1.54, 1.807) is 30.3 Å². The molecule has 2 saturated carbocycles. The van der Waals surface area contributed by atoms with Gasteiger partial charge in [0.05, 0.1) is 40.8 Å². The molecule has 2 aliphatic carbocycles. The lowest BCUT2D eigenvalue weighted by molar-refractivity contribution is -0.140. The van der Waals surface area contributed by atoms with Gasteiger partial charge >= 0.3 is 5.97 Å². The van der Waals surface area contributed by atoms with Crippen LogP contribution in [0.15, 0.2) is 47.0 Å². The lowest BCUT2D eigenvalue weighted by atomic mass is 10.0. The van der Waals surface area contributed by atoms with Crippen LogP contribution in [0.3, 0.4) is 0 Å². The Morgan fingerprint density at radius 1 is 1.14 bits per heavy atom. The highest BCUT2D eigenvalue weighted by atomic mass is 35.5. The Morgan fingerprint density at radius 2 is 1.86 bits per heavy atom. The van der Waals surface area contributed by atoms with Crippen molar-refractivity contribution in [1.29, 1.82) is 0 Å². The summed E-state index contributed by atoms with van der Waals surface area (Å²) in [5, 5.41) is 5.40. The summed E-state index contributed by atoms with van der Waals surface area (Å²) in [6, 6.07) is 12.6. The summed E-state index contributed by atoms with van der Waals surface area (Å²) in [6.45, 7) is 2.40. The number of piperidine rings is 1. The standard InChI is InChI=1S/C31H33Cl2N3O7S/c1-19(38)41-12-3-13-44(39,40)36(18-37)23-10-8-22(9-11-23)35-16-21-14-24(35)15-28(21)42-17-25-30(34-43-31(25)20-6-7-20)29-26(32)4-2-5-27(29)33/h2,4-5,8-11,18,20-21,24,28H,3,6-7,12-17H2,1H3/t21-,24-,28+/m0/s1. The van der Waals surface area contributed by atoms with Crippen LogP contribution in [0.1, 0.15) is 56.3 Å². The van der Waals surface area contributed by atoms with Gasteiger partial charge in [-0.2, -0.15) is 0 Å². The zero-order chi connectivity index (χ0) is 31.0. The number of carbonyl (C=O) groups is 2. The molecule has 3 aromatic rings. The number of nitrogens with zero attached hydrogens (tertiary/aromatic N) is 3. The Balaban J connectivity index is 1.09. The van der Waals surface area contributed by atoms with Crippen LogP contribution in [0.25, 0.3) is 11.3 Å². The maximum Gasteiger partial charge on any atom is 0.302 e. The number of hydrogen-bond acceptors (Lipinski definition) is 9. The highest BCUT2D eigenvalue weighted by Crippen LogP contribution is 2.47. The quantitative estimate of drug-likeness (QED) is 0.124. The third kappa shape index (κ3) is 6.33. The molecule has 44 heavy (non-hydrogen) atoms. The van der Waals surface area contributed by atoms with E-state index in [0.717, 1.165) is 53.5 Å². The molecule has 1 saturated heterocycles. The number of esters is 1. The molecule has 6 rings (SSSR count). The number of sulfonamides is 1. The first-order valence-corrected chi connectivity index (χ1v) is 17.0. The van der Waals surface area contributed by atoms with Crippen molar-refractivity contribution in [3.05, 3.63) is 63.8 Å². The second kappa shape index (κ2) is 12.7. The predicted octanol–water partition coefficient (Wildman–Crippen LogP) is 5.96. The van der Waals surface area contributed by atoms with Crippen LogP contribution in [0.5, 0.6) is 0 Å². The van der Waals surface area contributed by atoms with Gasteiger partial charge < -0.3 is 18.9 Å². The lowest BCUT2D eigenvalue weighted by Crippen LogP contribution is -2.38. The smallest absolute Gasteiger partial charge is 0.302 e. The number of anilines is 2. The molecule has 0 radical (unpaired) electrons. The van der Waals surface area contributed by atoms with Crippen LogP contribution in [-0.2, 0) is 35.7 Å². The molecule has 1 aliphatic heterocycles. The summed E-state index contributed by atoms with van der Waals surface area (Å²) in [6.07, 6.45) is 4.44. The van der Waals surface area contributed by atoms with Gasteiger partial charge in [0.1, 0.15) is 11.5 Å². The molecular formula is C31H33Cl2N3O7S. The van der Waals surface area contributed by atoms with E-state index >= 15 is 0 Å². The Labute approximate surface area is 266 Å². The largest absolute Gasteiger partial charge is 0.466 e. The summed E-state index contributed by atoms with van der Waals surface area (Å²) in [7, 11) is -3.91. The number of rotatable bonds is 13. The third-order valence-electron chi connectivity index (χ3n) is 8.57. The lowest BCUT2D eigenvalue weighted by Gasteiger charge is -2.33. The van der Waals surface area contributed by atoms with Crippen LogP contribution in [-0.4, -0.2) is 57.0 Å². The molecule has 1 aromatic heterocycles. The van der Waals surface area contributed by atoms with Crippen molar-refractivity contribution in [1.82, 2.24) is 5.16 Å². The van der Waals surface area contributed by atoms with E-state index in [4.69, 9.17) is 37.2 Å². The van der Waals surface area contributed by atoms with E-state index in [2.05, 4.69) is 10.1 Å². The number of ether oxygens (including phenoxy) is 2. The Bertz CT molecular complexity index is 1620. The van der Waals surface area contributed by atoms with E-state index < -0.39 is 16.0 Å². The Kier molecular flexibility index (Phi) is 8.92. The number of aromatic nitrogens is 1. The maximum atomic E-state index is 12.7. The molecule has 0 unspecified atom stereocenters. The Morgan fingerprint density at radius 3 is 2.48 bits per heavy atom. The highest BCUT2D eigenvalue weighted by Gasteiger charge is 2.46. The van der Waals surface area contributed by atoms with Gasteiger partial charge in [-0.3, -0.25) is 9.59 Å². The van der Waals surface area contributed by atoms with Gasteiger partial charge in [-0.25, -0.2) is 12.7 Å². The summed E-state index contributed by atoms with van der Waals surface area (Å²) in [5.74, 6) is 0.740. The SMILES string of the molecule is CC(=O)OCCCS(=O)(=O)N(C=O)c1ccc(N2C[C@@H]3C[C@H]2C[C@H]3OCc2c(-c3c(Cl)cccc3Cl)noc2C2CC2)cc1. The number of amides is 1. The third-order valence-corrected chi connectivity index (χ3v) is 10.9. The molecule has 1 amide bonds. The molecule has 2 heterocycles. The number of halogens is 2. The van der Waals surface area contributed by atoms with E-state index in [1.165, 1.54) is 6.92 Å². The van der Waals surface area contributed by atoms with Crippen molar-refractivity contribution in [2.75, 3.05) is 28.1 Å². The number of benzene rings is 2. The van der Waals surface area contributed by atoms with E-state index in [0.29, 0.717) is 46.2 Å². The van der Waals surface area contributed by atoms with Crippen molar-refractivity contribution in [3.63, 3.8) is 0 Å². The van der Waals surface area contributed by atoms with Gasteiger partial charge in [0.15, 0.2) is 0 Å². The van der Waals surface area contributed by atoms with Gasteiger partial charge in [-0.05, 0) is 68.5 Å². The minimum absolute atomic E-state index is 0.0278. The summed E-state index contributed by atoms with van der Waals surface area (Å²) in [4.78, 5) is 25.0. The van der Waals surface area contributed by atoms with Crippen molar-refractivity contribution in [3.8, 4) is 11.3 Å². The van der Waals surface area contributed by atoms with Crippen molar-refractivity contribution in [2.24, 2.45) is 5.92 Å². The molecule has 0 N–H and O–H groups in total. The molecule has 10 nitrogen and oxygen atoms in total. The van der Waals surface area contributed by atoms with Gasteiger partial charge in [-0.15, -0.1) is 0 Å². The van der Waals surface area contributed by atoms with Gasteiger partial charge in [0, 0.05) is 48.2 Å². The average molecular weight is 663 g/mol. The summed E-state index contributed by atoms with van der Waals surface area (Å²) < 4.78 is 43.3. The minimum atomic E-state index is -3.91. The molecular weight excluding hydrogens is 629 g/mol. The molecule has 2 bridgehead atoms. The van der Waals surface area contributed by atoms with Crippen LogP contribution in [0.4, 0.5) is 11.4 Å². The maximum absolute atomic E-state index is 12.7. The van der Waals surface area contributed by atoms with Crippen molar-refractivity contribution in [2.45, 2.75) is 63.7 Å². The first-order chi connectivity index (χ1) is 21.2. The average Bonchev–Trinajstić information content (AvgIpc) is 3.44. The van der Waals surface area contributed by atoms with Gasteiger partial charge in [0.25, 0.3) is 0 Å². The van der Waals surface area contributed by atoms with Gasteiger partial charge in [0.2, 0.25) is 16.4 Å². The van der Waals surface area contributed by atoms with E-state index in [1.807, 2.05) is 12.1 Å². The number of fused-ring (bicyclic) bond motifs is 2. The Hall–Kier alpha value is -3.12. The monoisotopic (exact) mass is 661 g/mol. The first-order valence-electron chi connectivity index (χ1n) is 14.7. The molecule has 3 atom stereocenters. The van der Waals surface area contributed by atoms with Gasteiger partial charge in [-0.1, -0.05) is 34.4 Å². The highest BCUT2D eigenvalue weighted by molar-refractivity contribution is 7.93. The first kappa shape index (κ1) is 30.9. The molecule has 2 aromatic carbocycles. The van der Waals surface area contributed by atoms with Crippen LogP contribution in [0, 0.1) is 5.92 Å². The minimum Gasteiger partial charge on any atom is -0.466 e. The number of hydrogen-bond donors (Lipinski definition) is 0. The fourth-order valence-electron chi connectivity index (χ4n) is 6.30. The van der Waals surface area contributed by atoms with Crippen LogP contribution >= 0.6 is 23.2 Å². The zero-order valence-corrected chi connectivity index (χ0v) is 26.5. The van der Waals surface area contributed by atoms with Crippen LogP contribution in [0.2, 0.25) is 10.0 Å². The van der Waals surface area contributed by atoms with E-state index in [-0.39, 0.29) is 36.6 Å². The van der Waals surface area contributed by atoms with Crippen molar-refractivity contribution < 1.29 is 32.0 Å². The zero-order valence-electron chi connectivity index (χ0n) is 24.2. The molecule has 3 fully saturated rings.